The number of rotatable bonds is 8. The Morgan fingerprint density at radius 2 is 1.32 bits per heavy atom. The highest BCUT2D eigenvalue weighted by molar-refractivity contribution is 8.00. The fraction of sp³-hybridized carbons (Fsp3) is 0.0303. The van der Waals surface area contributed by atoms with Crippen molar-refractivity contribution < 1.29 is 9.59 Å². The Kier molecular flexibility index (Phi) is 7.97. The Morgan fingerprint density at radius 3 is 2.11 bits per heavy atom. The van der Waals surface area contributed by atoms with Crippen LogP contribution in [0.4, 0.5) is 11.4 Å². The molecule has 0 radical (unpaired) electrons. The fourth-order valence-corrected chi connectivity index (χ4v) is 5.16. The van der Waals surface area contributed by atoms with E-state index in [-0.39, 0.29) is 11.8 Å². The normalized spacial score (nSPS) is 11.8. The van der Waals surface area contributed by atoms with Crippen LogP contribution in [0.5, 0.6) is 0 Å². The SMILES string of the molecule is O=C(/C=C/c1ccccc1)Nc1cccc(SC(C(=O)Nc2ccc3ccccc3c2)c2ccccc2)c1. The van der Waals surface area contributed by atoms with Crippen molar-refractivity contribution in [2.24, 2.45) is 0 Å². The molecule has 5 aromatic rings. The van der Waals surface area contributed by atoms with Crippen LogP contribution in [-0.2, 0) is 9.59 Å². The molecule has 0 aliphatic rings. The van der Waals surface area contributed by atoms with Crippen molar-refractivity contribution in [3.05, 3.63) is 145 Å². The second kappa shape index (κ2) is 12.1. The maximum Gasteiger partial charge on any atom is 0.248 e. The summed E-state index contributed by atoms with van der Waals surface area (Å²) < 4.78 is 0. The average Bonchev–Trinajstić information content (AvgIpc) is 2.96. The zero-order chi connectivity index (χ0) is 26.2. The highest BCUT2D eigenvalue weighted by Gasteiger charge is 2.22. The molecule has 0 saturated carbocycles. The number of hydrogen-bond donors (Lipinski definition) is 2. The third-order valence-corrected chi connectivity index (χ3v) is 7.19. The van der Waals surface area contributed by atoms with Gasteiger partial charge in [-0.3, -0.25) is 9.59 Å². The summed E-state index contributed by atoms with van der Waals surface area (Å²) in [6.45, 7) is 0. The maximum absolute atomic E-state index is 13.5. The third kappa shape index (κ3) is 6.58. The highest BCUT2D eigenvalue weighted by atomic mass is 32.2. The summed E-state index contributed by atoms with van der Waals surface area (Å²) in [4.78, 5) is 26.9. The van der Waals surface area contributed by atoms with Crippen LogP contribution in [0.1, 0.15) is 16.4 Å². The lowest BCUT2D eigenvalue weighted by atomic mass is 10.1. The van der Waals surface area contributed by atoms with E-state index in [1.54, 1.807) is 6.08 Å². The van der Waals surface area contributed by atoms with Crippen LogP contribution in [0, 0.1) is 0 Å². The number of anilines is 2. The Labute approximate surface area is 226 Å². The van der Waals surface area contributed by atoms with Gasteiger partial charge in [-0.25, -0.2) is 0 Å². The number of nitrogens with one attached hydrogen (secondary N) is 2. The van der Waals surface area contributed by atoms with Crippen molar-refractivity contribution in [1.29, 1.82) is 0 Å². The molecule has 0 fully saturated rings. The Bertz CT molecular complexity index is 1580. The molecule has 1 unspecified atom stereocenters. The summed E-state index contributed by atoms with van der Waals surface area (Å²) >= 11 is 1.44. The molecule has 2 N–H and O–H groups in total. The molecule has 5 rings (SSSR count). The van der Waals surface area contributed by atoms with E-state index >= 15 is 0 Å². The van der Waals surface area contributed by atoms with Crippen molar-refractivity contribution in [1.82, 2.24) is 0 Å². The van der Waals surface area contributed by atoms with Crippen molar-refractivity contribution in [2.45, 2.75) is 10.1 Å². The fourth-order valence-electron chi connectivity index (χ4n) is 4.08. The van der Waals surface area contributed by atoms with Gasteiger partial charge in [-0.1, -0.05) is 97.1 Å². The van der Waals surface area contributed by atoms with Gasteiger partial charge in [0.05, 0.1) is 0 Å². The lowest BCUT2D eigenvalue weighted by molar-refractivity contribution is -0.116. The van der Waals surface area contributed by atoms with Crippen LogP contribution in [-0.4, -0.2) is 11.8 Å². The van der Waals surface area contributed by atoms with Gasteiger partial charge in [-0.15, -0.1) is 11.8 Å². The second-order valence-electron chi connectivity index (χ2n) is 8.72. The van der Waals surface area contributed by atoms with E-state index in [0.717, 1.165) is 32.5 Å². The van der Waals surface area contributed by atoms with E-state index in [0.29, 0.717) is 5.69 Å². The molecular formula is C33H26N2O2S. The van der Waals surface area contributed by atoms with E-state index in [4.69, 9.17) is 0 Å². The standard InChI is InChI=1S/C33H26N2O2S/c36-31(21-18-24-10-3-1-4-11-24)34-28-16-9-17-30(23-28)38-32(26-13-5-2-6-14-26)33(37)35-29-20-19-25-12-7-8-15-27(25)22-29/h1-23,32H,(H,34,36)(H,35,37)/b21-18+. The first-order valence-corrected chi connectivity index (χ1v) is 13.2. The first-order chi connectivity index (χ1) is 18.6. The zero-order valence-electron chi connectivity index (χ0n) is 20.6. The topological polar surface area (TPSA) is 58.2 Å². The van der Waals surface area contributed by atoms with Gasteiger partial charge in [-0.05, 0) is 58.3 Å². The predicted octanol–water partition coefficient (Wildman–Crippen LogP) is 7.96. The molecule has 0 heterocycles. The Hall–Kier alpha value is -4.61. The van der Waals surface area contributed by atoms with Gasteiger partial charge in [0, 0.05) is 22.3 Å². The molecule has 5 aromatic carbocycles. The van der Waals surface area contributed by atoms with E-state index in [9.17, 15) is 9.59 Å². The van der Waals surface area contributed by atoms with Crippen LogP contribution < -0.4 is 10.6 Å². The number of carbonyl (C=O) groups excluding carboxylic acids is 2. The van der Waals surface area contributed by atoms with Crippen molar-refractivity contribution >= 4 is 51.8 Å². The number of hydrogen-bond acceptors (Lipinski definition) is 3. The lowest BCUT2D eigenvalue weighted by Gasteiger charge is -2.18. The molecule has 0 aliphatic carbocycles. The van der Waals surface area contributed by atoms with Gasteiger partial charge < -0.3 is 10.6 Å². The first kappa shape index (κ1) is 25.1. The third-order valence-electron chi connectivity index (χ3n) is 5.94. The lowest BCUT2D eigenvalue weighted by Crippen LogP contribution is -2.19. The van der Waals surface area contributed by atoms with Gasteiger partial charge in [0.2, 0.25) is 11.8 Å². The average molecular weight is 515 g/mol. The van der Waals surface area contributed by atoms with Gasteiger partial charge in [-0.2, -0.15) is 0 Å². The maximum atomic E-state index is 13.5. The molecule has 0 saturated heterocycles. The summed E-state index contributed by atoms with van der Waals surface area (Å²) in [6, 6.07) is 40.9. The van der Waals surface area contributed by atoms with E-state index in [1.165, 1.54) is 17.8 Å². The van der Waals surface area contributed by atoms with Crippen molar-refractivity contribution in [3.63, 3.8) is 0 Å². The van der Waals surface area contributed by atoms with E-state index < -0.39 is 5.25 Å². The number of amides is 2. The molecule has 0 spiro atoms. The molecule has 0 bridgehead atoms. The minimum Gasteiger partial charge on any atom is -0.325 e. The molecule has 0 aromatic heterocycles. The number of fused-ring (bicyclic) bond motifs is 1. The molecule has 2 amide bonds. The zero-order valence-corrected chi connectivity index (χ0v) is 21.4. The van der Waals surface area contributed by atoms with E-state index in [2.05, 4.69) is 10.6 Å². The quantitative estimate of drug-likeness (QED) is 0.163. The molecule has 1 atom stereocenters. The predicted molar refractivity (Wildman–Crippen MR) is 158 cm³/mol. The summed E-state index contributed by atoms with van der Waals surface area (Å²) in [6.07, 6.45) is 3.29. The largest absolute Gasteiger partial charge is 0.325 e. The Balaban J connectivity index is 1.32. The molecular weight excluding hydrogens is 488 g/mol. The number of benzene rings is 5. The summed E-state index contributed by atoms with van der Waals surface area (Å²) in [5.41, 5.74) is 3.27. The smallest absolute Gasteiger partial charge is 0.248 e. The summed E-state index contributed by atoms with van der Waals surface area (Å²) in [7, 11) is 0. The highest BCUT2D eigenvalue weighted by Crippen LogP contribution is 2.37. The summed E-state index contributed by atoms with van der Waals surface area (Å²) in [5, 5.41) is 7.72. The Morgan fingerprint density at radius 1 is 0.632 bits per heavy atom. The van der Waals surface area contributed by atoms with Crippen molar-refractivity contribution in [3.8, 4) is 0 Å². The van der Waals surface area contributed by atoms with Gasteiger partial charge in [0.15, 0.2) is 0 Å². The molecule has 38 heavy (non-hydrogen) atoms. The minimum absolute atomic E-state index is 0.114. The summed E-state index contributed by atoms with van der Waals surface area (Å²) in [5.74, 6) is -0.332. The molecule has 186 valence electrons. The van der Waals surface area contributed by atoms with Crippen LogP contribution in [0.15, 0.2) is 138 Å². The van der Waals surface area contributed by atoms with Crippen LogP contribution >= 0.6 is 11.8 Å². The number of thioether (sulfide) groups is 1. The second-order valence-corrected chi connectivity index (χ2v) is 9.90. The number of carbonyl (C=O) groups is 2. The first-order valence-electron chi connectivity index (χ1n) is 12.3. The van der Waals surface area contributed by atoms with Crippen LogP contribution in [0.25, 0.3) is 16.8 Å². The van der Waals surface area contributed by atoms with Crippen LogP contribution in [0.3, 0.4) is 0 Å². The molecule has 0 aliphatic heterocycles. The minimum atomic E-state index is -0.480. The van der Waals surface area contributed by atoms with Gasteiger partial charge >= 0.3 is 0 Å². The van der Waals surface area contributed by atoms with Gasteiger partial charge in [0.1, 0.15) is 5.25 Å². The molecule has 4 nitrogen and oxygen atoms in total. The molecule has 5 heteroatoms. The van der Waals surface area contributed by atoms with Gasteiger partial charge in [0.25, 0.3) is 0 Å². The monoisotopic (exact) mass is 514 g/mol. The van der Waals surface area contributed by atoms with E-state index in [1.807, 2.05) is 127 Å². The van der Waals surface area contributed by atoms with Crippen LogP contribution in [0.2, 0.25) is 0 Å². The van der Waals surface area contributed by atoms with Crippen molar-refractivity contribution in [2.75, 3.05) is 10.6 Å².